The number of sulfonamides is 1. The molecule has 1 aliphatic rings. The first-order valence-electron chi connectivity index (χ1n) is 9.44. The van der Waals surface area contributed by atoms with Crippen LogP contribution < -0.4 is 5.32 Å². The molecule has 1 heterocycles. The molecular weight excluding hydrogens is 379 g/mol. The van der Waals surface area contributed by atoms with Gasteiger partial charge in [-0.3, -0.25) is 4.79 Å². The molecule has 3 rings (SSSR count). The zero-order valence-corrected chi connectivity index (χ0v) is 16.9. The van der Waals surface area contributed by atoms with Gasteiger partial charge in [0.15, 0.2) is 0 Å². The zero-order chi connectivity index (χ0) is 20.3. The molecule has 1 unspecified atom stereocenters. The minimum atomic E-state index is -3.53. The standard InChI is InChI=1S/C21H25FN2O3S/c1-15-11-13-24(14-12-15)28(26,27)20-9-5-18(6-10-20)21(25)23-16(2)17-3-7-19(22)8-4-17/h3-10,15-16H,11-14H2,1-2H3,(H,23,25). The Morgan fingerprint density at radius 2 is 1.64 bits per heavy atom. The smallest absolute Gasteiger partial charge is 0.251 e. The first-order valence-corrected chi connectivity index (χ1v) is 10.9. The predicted molar refractivity (Wildman–Crippen MR) is 106 cm³/mol. The molecule has 0 spiro atoms. The second-order valence-electron chi connectivity index (χ2n) is 7.36. The first kappa shape index (κ1) is 20.5. The minimum Gasteiger partial charge on any atom is -0.346 e. The van der Waals surface area contributed by atoms with Gasteiger partial charge >= 0.3 is 0 Å². The Morgan fingerprint density at radius 1 is 1.07 bits per heavy atom. The number of amides is 1. The summed E-state index contributed by atoms with van der Waals surface area (Å²) in [6.45, 7) is 4.99. The van der Waals surface area contributed by atoms with Crippen LogP contribution >= 0.6 is 0 Å². The van der Waals surface area contributed by atoms with Crippen LogP contribution in [0.4, 0.5) is 4.39 Å². The van der Waals surface area contributed by atoms with Gasteiger partial charge in [0.2, 0.25) is 10.0 Å². The van der Waals surface area contributed by atoms with E-state index in [0.29, 0.717) is 24.6 Å². The highest BCUT2D eigenvalue weighted by atomic mass is 32.2. The van der Waals surface area contributed by atoms with Crippen LogP contribution in [0.25, 0.3) is 0 Å². The molecule has 150 valence electrons. The quantitative estimate of drug-likeness (QED) is 0.826. The molecule has 0 saturated carbocycles. The van der Waals surface area contributed by atoms with Crippen LogP contribution in [0.5, 0.6) is 0 Å². The fourth-order valence-corrected chi connectivity index (χ4v) is 4.74. The highest BCUT2D eigenvalue weighted by Crippen LogP contribution is 2.24. The third-order valence-corrected chi connectivity index (χ3v) is 7.13. The van der Waals surface area contributed by atoms with Gasteiger partial charge in [-0.05, 0) is 67.6 Å². The topological polar surface area (TPSA) is 66.5 Å². The summed E-state index contributed by atoms with van der Waals surface area (Å²) in [4.78, 5) is 12.6. The number of hydrogen-bond donors (Lipinski definition) is 1. The second-order valence-corrected chi connectivity index (χ2v) is 9.30. The maximum Gasteiger partial charge on any atom is 0.251 e. The van der Waals surface area contributed by atoms with Crippen molar-refractivity contribution in [3.8, 4) is 0 Å². The number of benzene rings is 2. The highest BCUT2D eigenvalue weighted by molar-refractivity contribution is 7.89. The van der Waals surface area contributed by atoms with Crippen LogP contribution in [-0.2, 0) is 10.0 Å². The predicted octanol–water partition coefficient (Wildman–Crippen LogP) is 3.74. The van der Waals surface area contributed by atoms with Crippen molar-refractivity contribution in [2.24, 2.45) is 5.92 Å². The van der Waals surface area contributed by atoms with Crippen molar-refractivity contribution in [3.63, 3.8) is 0 Å². The summed E-state index contributed by atoms with van der Waals surface area (Å²) in [7, 11) is -3.53. The molecular formula is C21H25FN2O3S. The fraction of sp³-hybridized carbons (Fsp3) is 0.381. The summed E-state index contributed by atoms with van der Waals surface area (Å²) in [6.07, 6.45) is 1.72. The normalized spacial score (nSPS) is 17.2. The first-order chi connectivity index (χ1) is 13.3. The molecule has 1 fully saturated rings. The van der Waals surface area contributed by atoms with E-state index in [1.165, 1.54) is 40.7 Å². The number of nitrogens with zero attached hydrogens (tertiary/aromatic N) is 1. The van der Waals surface area contributed by atoms with E-state index in [2.05, 4.69) is 12.2 Å². The molecule has 28 heavy (non-hydrogen) atoms. The Labute approximate surface area is 165 Å². The lowest BCUT2D eigenvalue weighted by atomic mass is 10.0. The van der Waals surface area contributed by atoms with E-state index in [1.54, 1.807) is 19.1 Å². The lowest BCUT2D eigenvalue weighted by Crippen LogP contribution is -2.37. The Kier molecular flexibility index (Phi) is 6.15. The van der Waals surface area contributed by atoms with Crippen LogP contribution in [0, 0.1) is 11.7 Å². The summed E-state index contributed by atoms with van der Waals surface area (Å²) in [5.74, 6) is -0.101. The van der Waals surface area contributed by atoms with E-state index in [-0.39, 0.29) is 22.7 Å². The van der Waals surface area contributed by atoms with Crippen molar-refractivity contribution in [2.45, 2.75) is 37.6 Å². The van der Waals surface area contributed by atoms with E-state index in [0.717, 1.165) is 18.4 Å². The van der Waals surface area contributed by atoms with E-state index >= 15 is 0 Å². The molecule has 1 amide bonds. The third kappa shape index (κ3) is 4.59. The van der Waals surface area contributed by atoms with E-state index in [1.807, 2.05) is 0 Å². The number of rotatable bonds is 5. The highest BCUT2D eigenvalue weighted by Gasteiger charge is 2.28. The molecule has 1 aliphatic heterocycles. The maximum absolute atomic E-state index is 13.0. The van der Waals surface area contributed by atoms with Crippen molar-refractivity contribution in [1.82, 2.24) is 9.62 Å². The largest absolute Gasteiger partial charge is 0.346 e. The van der Waals surface area contributed by atoms with Crippen LogP contribution in [-0.4, -0.2) is 31.7 Å². The van der Waals surface area contributed by atoms with Gasteiger partial charge in [0.25, 0.3) is 5.91 Å². The number of halogens is 1. The number of carbonyl (C=O) groups is 1. The number of piperidine rings is 1. The van der Waals surface area contributed by atoms with Crippen LogP contribution in [0.15, 0.2) is 53.4 Å². The third-order valence-electron chi connectivity index (χ3n) is 5.21. The van der Waals surface area contributed by atoms with Crippen molar-refractivity contribution in [2.75, 3.05) is 13.1 Å². The molecule has 1 saturated heterocycles. The Balaban J connectivity index is 1.68. The molecule has 2 aromatic rings. The number of nitrogens with one attached hydrogen (secondary N) is 1. The minimum absolute atomic E-state index is 0.199. The van der Waals surface area contributed by atoms with Crippen molar-refractivity contribution < 1.29 is 17.6 Å². The molecule has 7 heteroatoms. The van der Waals surface area contributed by atoms with Gasteiger partial charge in [-0.25, -0.2) is 12.8 Å². The summed E-state index contributed by atoms with van der Waals surface area (Å²) in [5, 5.41) is 2.84. The molecule has 2 aromatic carbocycles. The van der Waals surface area contributed by atoms with Gasteiger partial charge in [-0.15, -0.1) is 0 Å². The SMILES string of the molecule is CC1CCN(S(=O)(=O)c2ccc(C(=O)NC(C)c3ccc(F)cc3)cc2)CC1. The van der Waals surface area contributed by atoms with Gasteiger partial charge in [0.1, 0.15) is 5.82 Å². The summed E-state index contributed by atoms with van der Waals surface area (Å²) in [6, 6.07) is 11.6. The van der Waals surface area contributed by atoms with Gasteiger partial charge in [0.05, 0.1) is 10.9 Å². The fourth-order valence-electron chi connectivity index (χ4n) is 3.27. The second kappa shape index (κ2) is 8.41. The average Bonchev–Trinajstić information content (AvgIpc) is 2.69. The molecule has 0 aliphatic carbocycles. The van der Waals surface area contributed by atoms with E-state index in [4.69, 9.17) is 0 Å². The molecule has 5 nitrogen and oxygen atoms in total. The molecule has 1 N–H and O–H groups in total. The lowest BCUT2D eigenvalue weighted by Gasteiger charge is -2.29. The van der Waals surface area contributed by atoms with Gasteiger partial charge in [0, 0.05) is 18.7 Å². The number of carbonyl (C=O) groups excluding carboxylic acids is 1. The summed E-state index contributed by atoms with van der Waals surface area (Å²) < 4.78 is 40.1. The van der Waals surface area contributed by atoms with Crippen LogP contribution in [0.2, 0.25) is 0 Å². The molecule has 1 atom stereocenters. The van der Waals surface area contributed by atoms with Crippen molar-refractivity contribution >= 4 is 15.9 Å². The Morgan fingerprint density at radius 3 is 2.21 bits per heavy atom. The lowest BCUT2D eigenvalue weighted by molar-refractivity contribution is 0.0939. The molecule has 0 bridgehead atoms. The van der Waals surface area contributed by atoms with Gasteiger partial charge < -0.3 is 5.32 Å². The van der Waals surface area contributed by atoms with Crippen molar-refractivity contribution in [1.29, 1.82) is 0 Å². The monoisotopic (exact) mass is 404 g/mol. The molecule has 0 radical (unpaired) electrons. The zero-order valence-electron chi connectivity index (χ0n) is 16.1. The number of hydrogen-bond acceptors (Lipinski definition) is 3. The van der Waals surface area contributed by atoms with Gasteiger partial charge in [-0.1, -0.05) is 19.1 Å². The maximum atomic E-state index is 13.0. The summed E-state index contributed by atoms with van der Waals surface area (Å²) in [5.41, 5.74) is 1.16. The van der Waals surface area contributed by atoms with Crippen LogP contribution in [0.3, 0.4) is 0 Å². The average molecular weight is 405 g/mol. The van der Waals surface area contributed by atoms with E-state index < -0.39 is 10.0 Å². The Hall–Kier alpha value is -2.25. The summed E-state index contributed by atoms with van der Waals surface area (Å²) >= 11 is 0. The van der Waals surface area contributed by atoms with E-state index in [9.17, 15) is 17.6 Å². The van der Waals surface area contributed by atoms with Crippen molar-refractivity contribution in [3.05, 3.63) is 65.5 Å². The Bertz CT molecular complexity index is 919. The van der Waals surface area contributed by atoms with Crippen LogP contribution in [0.1, 0.15) is 48.7 Å². The van der Waals surface area contributed by atoms with Gasteiger partial charge in [-0.2, -0.15) is 4.31 Å². The molecule has 0 aromatic heterocycles.